The zero-order chi connectivity index (χ0) is 11.3. The Morgan fingerprint density at radius 2 is 1.93 bits per heavy atom. The molecule has 2 amide bonds. The van der Waals surface area contributed by atoms with Crippen molar-refractivity contribution in [3.8, 4) is 0 Å². The summed E-state index contributed by atoms with van der Waals surface area (Å²) in [5.41, 5.74) is 5.19. The molecule has 3 N–H and O–H groups in total. The number of likely N-dealkylation sites (tertiary alicyclic amines) is 1. The fraction of sp³-hybridized carbons (Fsp3) is 0.800. The number of piperidine rings is 1. The first-order valence-corrected chi connectivity index (χ1v) is 5.33. The van der Waals surface area contributed by atoms with E-state index in [1.54, 1.807) is 4.90 Å². The van der Waals surface area contributed by atoms with E-state index in [-0.39, 0.29) is 24.3 Å². The van der Waals surface area contributed by atoms with Gasteiger partial charge < -0.3 is 15.7 Å². The number of amides is 2. The lowest BCUT2D eigenvalue weighted by molar-refractivity contribution is -0.135. The van der Waals surface area contributed by atoms with Gasteiger partial charge in [-0.15, -0.1) is 0 Å². The van der Waals surface area contributed by atoms with Crippen LogP contribution in [0.15, 0.2) is 0 Å². The number of nitrogens with two attached hydrogens (primary N) is 1. The largest absolute Gasteiger partial charge is 0.396 e. The molecular formula is C10H18N2O3. The molecule has 0 aromatic carbocycles. The van der Waals surface area contributed by atoms with Gasteiger partial charge in [-0.3, -0.25) is 9.59 Å². The summed E-state index contributed by atoms with van der Waals surface area (Å²) >= 11 is 0. The van der Waals surface area contributed by atoms with Gasteiger partial charge in [-0.2, -0.15) is 0 Å². The van der Waals surface area contributed by atoms with Crippen molar-refractivity contribution in [1.29, 1.82) is 0 Å². The van der Waals surface area contributed by atoms with Gasteiger partial charge in [0.05, 0.1) is 0 Å². The normalized spacial score (nSPS) is 17.8. The minimum absolute atomic E-state index is 0.0451. The highest BCUT2D eigenvalue weighted by atomic mass is 16.3. The molecule has 0 aromatic rings. The van der Waals surface area contributed by atoms with Gasteiger partial charge in [0.15, 0.2) is 0 Å². The molecule has 1 saturated heterocycles. The molecule has 0 aromatic heterocycles. The van der Waals surface area contributed by atoms with Crippen LogP contribution in [-0.2, 0) is 9.59 Å². The summed E-state index contributed by atoms with van der Waals surface area (Å²) in [6.45, 7) is 1.26. The molecule has 0 saturated carbocycles. The van der Waals surface area contributed by atoms with Crippen LogP contribution in [0, 0.1) is 5.92 Å². The van der Waals surface area contributed by atoms with Crippen LogP contribution in [0.2, 0.25) is 0 Å². The summed E-state index contributed by atoms with van der Waals surface area (Å²) in [4.78, 5) is 24.2. The molecule has 0 radical (unpaired) electrons. The van der Waals surface area contributed by atoms with Crippen LogP contribution < -0.4 is 5.73 Å². The second-order valence-corrected chi connectivity index (χ2v) is 3.88. The first kappa shape index (κ1) is 12.0. The highest BCUT2D eigenvalue weighted by molar-refractivity contribution is 5.78. The quantitative estimate of drug-likeness (QED) is 0.660. The lowest BCUT2D eigenvalue weighted by atomic mass is 9.96. The van der Waals surface area contributed by atoms with Gasteiger partial charge in [-0.25, -0.2) is 0 Å². The number of carbonyl (C=O) groups is 2. The number of carbonyl (C=O) groups excluding carboxylic acids is 2. The highest BCUT2D eigenvalue weighted by Crippen LogP contribution is 2.17. The van der Waals surface area contributed by atoms with Gasteiger partial charge in [-0.1, -0.05) is 0 Å². The van der Waals surface area contributed by atoms with Crippen molar-refractivity contribution in [2.75, 3.05) is 19.7 Å². The van der Waals surface area contributed by atoms with Crippen LogP contribution in [0.3, 0.4) is 0 Å². The fourth-order valence-corrected chi connectivity index (χ4v) is 1.80. The van der Waals surface area contributed by atoms with E-state index in [1.807, 2.05) is 0 Å². The Morgan fingerprint density at radius 1 is 1.33 bits per heavy atom. The molecule has 15 heavy (non-hydrogen) atoms. The molecule has 1 fully saturated rings. The van der Waals surface area contributed by atoms with Crippen molar-refractivity contribution in [3.63, 3.8) is 0 Å². The number of nitrogens with zero attached hydrogens (tertiary/aromatic N) is 1. The molecule has 86 valence electrons. The third-order valence-electron chi connectivity index (χ3n) is 2.80. The third kappa shape index (κ3) is 3.51. The minimum Gasteiger partial charge on any atom is -0.396 e. The second kappa shape index (κ2) is 5.70. The number of hydrogen-bond donors (Lipinski definition) is 2. The number of rotatable bonds is 4. The molecule has 1 rings (SSSR count). The molecule has 5 heteroatoms. The van der Waals surface area contributed by atoms with Crippen molar-refractivity contribution in [3.05, 3.63) is 0 Å². The lowest BCUT2D eigenvalue weighted by Crippen LogP contribution is -2.41. The maximum atomic E-state index is 11.5. The van der Waals surface area contributed by atoms with E-state index < -0.39 is 0 Å². The van der Waals surface area contributed by atoms with E-state index >= 15 is 0 Å². The van der Waals surface area contributed by atoms with Crippen molar-refractivity contribution < 1.29 is 14.7 Å². The summed E-state index contributed by atoms with van der Waals surface area (Å²) in [5, 5.41) is 8.60. The number of aliphatic hydroxyl groups excluding tert-OH is 1. The number of aliphatic hydroxyl groups is 1. The zero-order valence-electron chi connectivity index (χ0n) is 8.82. The standard InChI is InChI=1S/C10H18N2O3/c11-10(15)8-3-5-12(6-4-8)9(14)2-1-7-13/h8,13H,1-7H2,(H2,11,15). The summed E-state index contributed by atoms with van der Waals surface area (Å²) in [7, 11) is 0. The van der Waals surface area contributed by atoms with E-state index in [1.165, 1.54) is 0 Å². The second-order valence-electron chi connectivity index (χ2n) is 3.88. The van der Waals surface area contributed by atoms with E-state index in [0.29, 0.717) is 38.8 Å². The van der Waals surface area contributed by atoms with Gasteiger partial charge in [0.2, 0.25) is 11.8 Å². The molecule has 1 aliphatic rings. The number of primary amides is 1. The van der Waals surface area contributed by atoms with Gasteiger partial charge in [-0.05, 0) is 19.3 Å². The molecule has 1 heterocycles. The Balaban J connectivity index is 2.30. The average molecular weight is 214 g/mol. The van der Waals surface area contributed by atoms with Gasteiger partial charge in [0.25, 0.3) is 0 Å². The Bertz CT molecular complexity index is 235. The van der Waals surface area contributed by atoms with Crippen LogP contribution in [0.5, 0.6) is 0 Å². The van der Waals surface area contributed by atoms with Gasteiger partial charge >= 0.3 is 0 Å². The smallest absolute Gasteiger partial charge is 0.222 e. The zero-order valence-corrected chi connectivity index (χ0v) is 8.82. The third-order valence-corrected chi connectivity index (χ3v) is 2.80. The Kier molecular flexibility index (Phi) is 4.55. The predicted molar refractivity (Wildman–Crippen MR) is 54.8 cm³/mol. The molecule has 1 aliphatic heterocycles. The summed E-state index contributed by atoms with van der Waals surface area (Å²) < 4.78 is 0. The van der Waals surface area contributed by atoms with Crippen LogP contribution in [0.25, 0.3) is 0 Å². The molecule has 0 spiro atoms. The Hall–Kier alpha value is -1.10. The van der Waals surface area contributed by atoms with E-state index in [0.717, 1.165) is 0 Å². The fourth-order valence-electron chi connectivity index (χ4n) is 1.80. The van der Waals surface area contributed by atoms with Crippen molar-refractivity contribution >= 4 is 11.8 Å². The Labute approximate surface area is 89.2 Å². The summed E-state index contributed by atoms with van der Waals surface area (Å²) in [5.74, 6) is -0.281. The van der Waals surface area contributed by atoms with Crippen LogP contribution in [0.4, 0.5) is 0 Å². The van der Waals surface area contributed by atoms with Crippen LogP contribution in [-0.4, -0.2) is 41.5 Å². The van der Waals surface area contributed by atoms with Crippen molar-refractivity contribution in [1.82, 2.24) is 4.90 Å². The molecule has 0 unspecified atom stereocenters. The van der Waals surface area contributed by atoms with Crippen LogP contribution in [0.1, 0.15) is 25.7 Å². The monoisotopic (exact) mass is 214 g/mol. The maximum Gasteiger partial charge on any atom is 0.222 e. The molecular weight excluding hydrogens is 196 g/mol. The van der Waals surface area contributed by atoms with E-state index in [9.17, 15) is 9.59 Å². The maximum absolute atomic E-state index is 11.5. The van der Waals surface area contributed by atoms with Crippen molar-refractivity contribution in [2.24, 2.45) is 11.7 Å². The predicted octanol–water partition coefficient (Wildman–Crippen LogP) is -0.517. The van der Waals surface area contributed by atoms with Crippen LogP contribution >= 0.6 is 0 Å². The molecule has 0 aliphatic carbocycles. The summed E-state index contributed by atoms with van der Waals surface area (Å²) in [6, 6.07) is 0. The number of hydrogen-bond acceptors (Lipinski definition) is 3. The van der Waals surface area contributed by atoms with E-state index in [4.69, 9.17) is 10.8 Å². The average Bonchev–Trinajstić information content (AvgIpc) is 2.26. The minimum atomic E-state index is -0.266. The first-order valence-electron chi connectivity index (χ1n) is 5.33. The highest BCUT2D eigenvalue weighted by Gasteiger charge is 2.25. The first-order chi connectivity index (χ1) is 7.15. The molecule has 0 atom stereocenters. The van der Waals surface area contributed by atoms with E-state index in [2.05, 4.69) is 0 Å². The summed E-state index contributed by atoms with van der Waals surface area (Å²) in [6.07, 6.45) is 2.23. The van der Waals surface area contributed by atoms with Gasteiger partial charge in [0.1, 0.15) is 0 Å². The lowest BCUT2D eigenvalue weighted by Gasteiger charge is -2.30. The SMILES string of the molecule is NC(=O)C1CCN(C(=O)CCCO)CC1. The molecule has 5 nitrogen and oxygen atoms in total. The van der Waals surface area contributed by atoms with Crippen molar-refractivity contribution in [2.45, 2.75) is 25.7 Å². The molecule has 0 bridgehead atoms. The Morgan fingerprint density at radius 3 is 2.40 bits per heavy atom. The van der Waals surface area contributed by atoms with Gasteiger partial charge in [0, 0.05) is 32.0 Å². The topological polar surface area (TPSA) is 83.6 Å².